The summed E-state index contributed by atoms with van der Waals surface area (Å²) >= 11 is 5.96. The first-order chi connectivity index (χ1) is 8.08. The van der Waals surface area contributed by atoms with E-state index in [0.29, 0.717) is 5.02 Å². The molecular weight excluding hydrogens is 232 g/mol. The minimum absolute atomic E-state index is 0.523. The fraction of sp³-hybridized carbons (Fsp3) is 0.200. The highest BCUT2D eigenvalue weighted by atomic mass is 35.5. The Kier molecular flexibility index (Phi) is 3.51. The summed E-state index contributed by atoms with van der Waals surface area (Å²) in [6.45, 7) is 3.81. The Labute approximate surface area is 107 Å². The average molecular weight is 247 g/mol. The van der Waals surface area contributed by atoms with E-state index in [2.05, 4.69) is 31.2 Å². The monoisotopic (exact) mass is 246 g/mol. The van der Waals surface area contributed by atoms with Gasteiger partial charge >= 0.3 is 0 Å². The number of benzene rings is 2. The number of aliphatic hydroxyl groups excluding tert-OH is 1. The number of aliphatic hydroxyl groups is 1. The summed E-state index contributed by atoms with van der Waals surface area (Å²) in [5.74, 6) is 0. The lowest BCUT2D eigenvalue weighted by atomic mass is 9.96. The van der Waals surface area contributed by atoms with E-state index in [1.54, 1.807) is 6.92 Å². The number of aryl methyl sites for hydroxylation is 1. The van der Waals surface area contributed by atoms with Crippen molar-refractivity contribution in [2.75, 3.05) is 0 Å². The van der Waals surface area contributed by atoms with Crippen molar-refractivity contribution in [2.24, 2.45) is 0 Å². The van der Waals surface area contributed by atoms with E-state index in [4.69, 9.17) is 11.6 Å². The molecule has 0 aliphatic rings. The molecule has 0 aliphatic carbocycles. The van der Waals surface area contributed by atoms with Crippen LogP contribution in [0.1, 0.15) is 24.2 Å². The molecule has 0 heterocycles. The van der Waals surface area contributed by atoms with Crippen LogP contribution in [0.3, 0.4) is 0 Å². The van der Waals surface area contributed by atoms with Gasteiger partial charge in [-0.25, -0.2) is 0 Å². The summed E-state index contributed by atoms with van der Waals surface area (Å²) in [5.41, 5.74) is 4.22. The van der Waals surface area contributed by atoms with E-state index < -0.39 is 6.10 Å². The van der Waals surface area contributed by atoms with Crippen LogP contribution in [0.25, 0.3) is 11.1 Å². The maximum Gasteiger partial charge on any atom is 0.0768 e. The van der Waals surface area contributed by atoms with Crippen LogP contribution in [0.5, 0.6) is 0 Å². The highest BCUT2D eigenvalue weighted by Gasteiger charge is 2.10. The van der Waals surface area contributed by atoms with Gasteiger partial charge in [-0.1, -0.05) is 47.5 Å². The first-order valence-electron chi connectivity index (χ1n) is 5.62. The zero-order valence-corrected chi connectivity index (χ0v) is 10.7. The van der Waals surface area contributed by atoms with E-state index in [0.717, 1.165) is 16.7 Å². The molecule has 2 rings (SSSR count). The average Bonchev–Trinajstić information content (AvgIpc) is 2.30. The molecule has 0 bridgehead atoms. The summed E-state index contributed by atoms with van der Waals surface area (Å²) in [4.78, 5) is 0. The van der Waals surface area contributed by atoms with Crippen molar-refractivity contribution < 1.29 is 5.11 Å². The van der Waals surface area contributed by atoms with Gasteiger partial charge in [0, 0.05) is 5.02 Å². The molecule has 0 spiro atoms. The summed E-state index contributed by atoms with van der Waals surface area (Å²) < 4.78 is 0. The largest absolute Gasteiger partial charge is 0.389 e. The van der Waals surface area contributed by atoms with Crippen molar-refractivity contribution in [1.82, 2.24) is 0 Å². The van der Waals surface area contributed by atoms with Gasteiger partial charge in [0.05, 0.1) is 6.10 Å². The lowest BCUT2D eigenvalue weighted by molar-refractivity contribution is 0.200. The predicted molar refractivity (Wildman–Crippen MR) is 72.3 cm³/mol. The molecule has 1 unspecified atom stereocenters. The van der Waals surface area contributed by atoms with Crippen LogP contribution in [0.4, 0.5) is 0 Å². The Bertz CT molecular complexity index is 515. The number of hydrogen-bond acceptors (Lipinski definition) is 1. The minimum atomic E-state index is -0.523. The zero-order chi connectivity index (χ0) is 12.4. The van der Waals surface area contributed by atoms with Gasteiger partial charge in [-0.2, -0.15) is 0 Å². The van der Waals surface area contributed by atoms with E-state index in [-0.39, 0.29) is 0 Å². The summed E-state index contributed by atoms with van der Waals surface area (Å²) in [6, 6.07) is 13.9. The molecule has 0 radical (unpaired) electrons. The topological polar surface area (TPSA) is 20.2 Å². The second-order valence-electron chi connectivity index (χ2n) is 4.27. The van der Waals surface area contributed by atoms with Crippen molar-refractivity contribution in [1.29, 1.82) is 0 Å². The molecule has 0 aromatic heterocycles. The maximum atomic E-state index is 9.79. The Morgan fingerprint density at radius 2 is 1.71 bits per heavy atom. The molecule has 88 valence electrons. The Hall–Kier alpha value is -1.31. The van der Waals surface area contributed by atoms with Gasteiger partial charge in [-0.3, -0.25) is 0 Å². The molecule has 2 aromatic carbocycles. The van der Waals surface area contributed by atoms with Gasteiger partial charge < -0.3 is 5.11 Å². The van der Waals surface area contributed by atoms with E-state index in [1.165, 1.54) is 5.56 Å². The van der Waals surface area contributed by atoms with Crippen LogP contribution in [0.15, 0.2) is 42.5 Å². The van der Waals surface area contributed by atoms with Crippen molar-refractivity contribution in [3.63, 3.8) is 0 Å². The lowest BCUT2D eigenvalue weighted by Gasteiger charge is -2.13. The van der Waals surface area contributed by atoms with Gasteiger partial charge in [0.15, 0.2) is 0 Å². The van der Waals surface area contributed by atoms with Crippen LogP contribution in [0, 0.1) is 6.92 Å². The third kappa shape index (κ3) is 2.68. The van der Waals surface area contributed by atoms with Crippen LogP contribution < -0.4 is 0 Å². The smallest absolute Gasteiger partial charge is 0.0768 e. The van der Waals surface area contributed by atoms with E-state index in [1.807, 2.05) is 18.2 Å². The molecule has 2 aromatic rings. The Morgan fingerprint density at radius 1 is 1.06 bits per heavy atom. The third-order valence-electron chi connectivity index (χ3n) is 2.83. The van der Waals surface area contributed by atoms with Gasteiger partial charge in [0.2, 0.25) is 0 Å². The lowest BCUT2D eigenvalue weighted by Crippen LogP contribution is -1.95. The standard InChI is InChI=1S/C15H15ClO/c1-10-3-5-12(6-4-10)14-8-7-13(16)9-15(14)11(2)17/h3-9,11,17H,1-2H3. The molecular formula is C15H15ClO. The molecule has 1 N–H and O–H groups in total. The normalized spacial score (nSPS) is 12.5. The fourth-order valence-corrected chi connectivity index (χ4v) is 2.06. The van der Waals surface area contributed by atoms with Crippen molar-refractivity contribution in [3.8, 4) is 11.1 Å². The van der Waals surface area contributed by atoms with Crippen LogP contribution in [-0.4, -0.2) is 5.11 Å². The Balaban J connectivity index is 2.54. The SMILES string of the molecule is Cc1ccc(-c2ccc(Cl)cc2C(C)O)cc1. The minimum Gasteiger partial charge on any atom is -0.389 e. The highest BCUT2D eigenvalue weighted by molar-refractivity contribution is 6.30. The fourth-order valence-electron chi connectivity index (χ4n) is 1.88. The van der Waals surface area contributed by atoms with Crippen LogP contribution in [-0.2, 0) is 0 Å². The van der Waals surface area contributed by atoms with Crippen molar-refractivity contribution in [2.45, 2.75) is 20.0 Å². The van der Waals surface area contributed by atoms with Crippen molar-refractivity contribution in [3.05, 3.63) is 58.6 Å². The summed E-state index contributed by atoms with van der Waals surface area (Å²) in [6.07, 6.45) is -0.523. The predicted octanol–water partition coefficient (Wildman–Crippen LogP) is 4.37. The van der Waals surface area contributed by atoms with Crippen LogP contribution in [0.2, 0.25) is 5.02 Å². The van der Waals surface area contributed by atoms with Crippen LogP contribution >= 0.6 is 11.6 Å². The van der Waals surface area contributed by atoms with E-state index >= 15 is 0 Å². The Morgan fingerprint density at radius 3 is 2.29 bits per heavy atom. The zero-order valence-electron chi connectivity index (χ0n) is 9.94. The molecule has 2 heteroatoms. The molecule has 0 amide bonds. The number of halogens is 1. The first kappa shape index (κ1) is 12.2. The molecule has 1 atom stereocenters. The first-order valence-corrected chi connectivity index (χ1v) is 6.00. The molecule has 17 heavy (non-hydrogen) atoms. The quantitative estimate of drug-likeness (QED) is 0.834. The van der Waals surface area contributed by atoms with Gasteiger partial charge in [0.1, 0.15) is 0 Å². The highest BCUT2D eigenvalue weighted by Crippen LogP contribution is 2.30. The van der Waals surface area contributed by atoms with E-state index in [9.17, 15) is 5.11 Å². The van der Waals surface area contributed by atoms with Gasteiger partial charge in [-0.05, 0) is 42.7 Å². The molecule has 0 saturated heterocycles. The van der Waals surface area contributed by atoms with Gasteiger partial charge in [-0.15, -0.1) is 0 Å². The molecule has 1 nitrogen and oxygen atoms in total. The maximum absolute atomic E-state index is 9.79. The molecule has 0 fully saturated rings. The summed E-state index contributed by atoms with van der Waals surface area (Å²) in [7, 11) is 0. The number of hydrogen-bond donors (Lipinski definition) is 1. The second-order valence-corrected chi connectivity index (χ2v) is 4.71. The van der Waals surface area contributed by atoms with Gasteiger partial charge in [0.25, 0.3) is 0 Å². The summed E-state index contributed by atoms with van der Waals surface area (Å²) in [5, 5.41) is 10.4. The number of rotatable bonds is 2. The molecule has 0 aliphatic heterocycles. The second kappa shape index (κ2) is 4.91. The van der Waals surface area contributed by atoms with Crippen molar-refractivity contribution >= 4 is 11.6 Å². The third-order valence-corrected chi connectivity index (χ3v) is 3.06. The molecule has 0 saturated carbocycles.